The third-order valence-electron chi connectivity index (χ3n) is 4.69. The average molecular weight is 379 g/mol. The second-order valence-corrected chi connectivity index (χ2v) is 6.65. The zero-order chi connectivity index (χ0) is 19.3. The first-order valence-electron chi connectivity index (χ1n) is 9.33. The number of para-hydroxylation sites is 1. The number of anilines is 2. The van der Waals surface area contributed by atoms with Crippen molar-refractivity contribution in [3.8, 4) is 0 Å². The van der Waals surface area contributed by atoms with Crippen LogP contribution in [0.4, 0.5) is 11.5 Å². The van der Waals surface area contributed by atoms with Crippen molar-refractivity contribution in [3.05, 3.63) is 58.6 Å². The Morgan fingerprint density at radius 2 is 1.96 bits per heavy atom. The topological polar surface area (TPSA) is 100 Å². The molecule has 1 amide bonds. The molecule has 0 bridgehead atoms. The zero-order valence-corrected chi connectivity index (χ0v) is 15.4. The first-order chi connectivity index (χ1) is 13.7. The van der Waals surface area contributed by atoms with E-state index in [4.69, 9.17) is 4.42 Å². The molecule has 3 aromatic rings. The fourth-order valence-electron chi connectivity index (χ4n) is 3.26. The second kappa shape index (κ2) is 8.08. The first-order valence-corrected chi connectivity index (χ1v) is 9.33. The predicted octanol–water partition coefficient (Wildman–Crippen LogP) is 2.03. The summed E-state index contributed by atoms with van der Waals surface area (Å²) in [6.07, 6.45) is 4.16. The number of nitrogens with one attached hydrogen (secondary N) is 2. The molecule has 8 heteroatoms. The van der Waals surface area contributed by atoms with E-state index in [1.165, 1.54) is 18.9 Å². The molecule has 1 aliphatic rings. The van der Waals surface area contributed by atoms with Gasteiger partial charge in [0.25, 0.3) is 5.91 Å². The van der Waals surface area contributed by atoms with E-state index >= 15 is 0 Å². The summed E-state index contributed by atoms with van der Waals surface area (Å²) in [5.74, 6) is 0.233. The van der Waals surface area contributed by atoms with E-state index in [-0.39, 0.29) is 11.2 Å². The third-order valence-corrected chi connectivity index (χ3v) is 4.69. The zero-order valence-electron chi connectivity index (χ0n) is 15.4. The molecule has 1 fully saturated rings. The van der Waals surface area contributed by atoms with Crippen LogP contribution in [0.2, 0.25) is 0 Å². The number of rotatable bonds is 6. The molecule has 0 atom stereocenters. The predicted molar refractivity (Wildman–Crippen MR) is 107 cm³/mol. The van der Waals surface area contributed by atoms with Crippen molar-refractivity contribution in [2.45, 2.75) is 12.8 Å². The lowest BCUT2D eigenvalue weighted by atomic mass is 10.2. The number of carbonyl (C=O) groups excluding carboxylic acids is 1. The highest BCUT2D eigenvalue weighted by Crippen LogP contribution is 2.20. The fraction of sp³-hybridized carbons (Fsp3) is 0.300. The highest BCUT2D eigenvalue weighted by Gasteiger charge is 2.14. The average Bonchev–Trinajstić information content (AvgIpc) is 3.26. The van der Waals surface area contributed by atoms with Gasteiger partial charge in [-0.15, -0.1) is 5.10 Å². The maximum Gasteiger partial charge on any atom is 0.287 e. The van der Waals surface area contributed by atoms with Gasteiger partial charge in [-0.2, -0.15) is 5.10 Å². The van der Waals surface area contributed by atoms with Gasteiger partial charge in [-0.05, 0) is 25.0 Å². The summed E-state index contributed by atoms with van der Waals surface area (Å²) in [6.45, 7) is 2.91. The number of hydrogen-bond donors (Lipinski definition) is 2. The van der Waals surface area contributed by atoms with Gasteiger partial charge in [0, 0.05) is 38.3 Å². The number of benzene rings is 1. The highest BCUT2D eigenvalue weighted by molar-refractivity contribution is 5.93. The van der Waals surface area contributed by atoms with Crippen molar-refractivity contribution < 1.29 is 9.21 Å². The summed E-state index contributed by atoms with van der Waals surface area (Å²) in [6, 6.07) is 10.0. The number of aromatic nitrogens is 2. The minimum Gasteiger partial charge on any atom is -0.451 e. The Morgan fingerprint density at radius 1 is 1.14 bits per heavy atom. The van der Waals surface area contributed by atoms with Crippen molar-refractivity contribution >= 4 is 28.4 Å². The molecule has 28 heavy (non-hydrogen) atoms. The van der Waals surface area contributed by atoms with E-state index in [1.807, 2.05) is 6.07 Å². The lowest BCUT2D eigenvalue weighted by Gasteiger charge is -2.17. The number of amides is 1. The Hall–Kier alpha value is -3.42. The summed E-state index contributed by atoms with van der Waals surface area (Å²) < 4.78 is 5.53. The molecule has 0 saturated carbocycles. The Labute approximate surface area is 161 Å². The molecule has 1 saturated heterocycles. The lowest BCUT2D eigenvalue weighted by molar-refractivity contribution is 0.0928. The molecular formula is C20H21N5O3. The van der Waals surface area contributed by atoms with E-state index in [0.717, 1.165) is 18.8 Å². The molecule has 1 aliphatic heterocycles. The summed E-state index contributed by atoms with van der Waals surface area (Å²) >= 11 is 0. The SMILES string of the molecule is O=C(NCCNc1cc(N2CCCC2)cnn1)c1cc(=O)c2ccccc2o1. The number of hydrogen-bond acceptors (Lipinski definition) is 7. The van der Waals surface area contributed by atoms with Crippen LogP contribution in [-0.4, -0.2) is 42.3 Å². The fourth-order valence-corrected chi connectivity index (χ4v) is 3.26. The van der Waals surface area contributed by atoms with Crippen molar-refractivity contribution in [2.75, 3.05) is 36.4 Å². The first kappa shape index (κ1) is 18.0. The molecule has 0 aliphatic carbocycles. The van der Waals surface area contributed by atoms with Gasteiger partial charge >= 0.3 is 0 Å². The van der Waals surface area contributed by atoms with Gasteiger partial charge in [-0.3, -0.25) is 9.59 Å². The molecule has 0 spiro atoms. The molecule has 2 N–H and O–H groups in total. The highest BCUT2D eigenvalue weighted by atomic mass is 16.3. The van der Waals surface area contributed by atoms with Crippen LogP contribution in [0.1, 0.15) is 23.4 Å². The van der Waals surface area contributed by atoms with Gasteiger partial charge < -0.3 is 20.0 Å². The smallest absolute Gasteiger partial charge is 0.287 e. The summed E-state index contributed by atoms with van der Waals surface area (Å²) in [5.41, 5.74) is 1.21. The van der Waals surface area contributed by atoms with Gasteiger partial charge in [0.05, 0.1) is 17.3 Å². The third kappa shape index (κ3) is 3.95. The van der Waals surface area contributed by atoms with E-state index in [2.05, 4.69) is 25.7 Å². The van der Waals surface area contributed by atoms with Gasteiger partial charge in [0.15, 0.2) is 17.0 Å². The Balaban J connectivity index is 1.32. The monoisotopic (exact) mass is 379 g/mol. The maximum atomic E-state index is 12.3. The molecule has 8 nitrogen and oxygen atoms in total. The van der Waals surface area contributed by atoms with E-state index in [0.29, 0.717) is 29.9 Å². The normalized spacial score (nSPS) is 13.6. The molecule has 3 heterocycles. The lowest BCUT2D eigenvalue weighted by Crippen LogP contribution is -2.29. The minimum atomic E-state index is -0.429. The largest absolute Gasteiger partial charge is 0.451 e. The van der Waals surface area contributed by atoms with Crippen LogP contribution in [-0.2, 0) is 0 Å². The van der Waals surface area contributed by atoms with Crippen molar-refractivity contribution in [2.24, 2.45) is 0 Å². The Bertz CT molecular complexity index is 1040. The quantitative estimate of drug-likeness (QED) is 0.632. The Kier molecular flexibility index (Phi) is 5.18. The number of fused-ring (bicyclic) bond motifs is 1. The van der Waals surface area contributed by atoms with Gasteiger partial charge in [0.2, 0.25) is 0 Å². The van der Waals surface area contributed by atoms with Crippen LogP contribution in [0, 0.1) is 0 Å². The van der Waals surface area contributed by atoms with E-state index in [9.17, 15) is 9.59 Å². The van der Waals surface area contributed by atoms with Crippen molar-refractivity contribution in [3.63, 3.8) is 0 Å². The van der Waals surface area contributed by atoms with Crippen LogP contribution in [0.25, 0.3) is 11.0 Å². The summed E-state index contributed by atoms with van der Waals surface area (Å²) in [4.78, 5) is 26.6. The van der Waals surface area contributed by atoms with Crippen LogP contribution in [0.15, 0.2) is 51.8 Å². The van der Waals surface area contributed by atoms with Crippen LogP contribution in [0.5, 0.6) is 0 Å². The summed E-state index contributed by atoms with van der Waals surface area (Å²) in [5, 5.41) is 14.5. The number of carbonyl (C=O) groups is 1. The van der Waals surface area contributed by atoms with Crippen molar-refractivity contribution in [1.82, 2.24) is 15.5 Å². The Morgan fingerprint density at radius 3 is 2.82 bits per heavy atom. The second-order valence-electron chi connectivity index (χ2n) is 6.65. The molecule has 4 rings (SSSR count). The van der Waals surface area contributed by atoms with Gasteiger partial charge in [-0.1, -0.05) is 12.1 Å². The van der Waals surface area contributed by atoms with E-state index < -0.39 is 5.91 Å². The maximum absolute atomic E-state index is 12.3. The van der Waals surface area contributed by atoms with Gasteiger partial charge in [0.1, 0.15) is 5.58 Å². The number of nitrogens with zero attached hydrogens (tertiary/aromatic N) is 3. The van der Waals surface area contributed by atoms with Crippen LogP contribution < -0.4 is 21.0 Å². The molecular weight excluding hydrogens is 358 g/mol. The van der Waals surface area contributed by atoms with Crippen LogP contribution in [0.3, 0.4) is 0 Å². The van der Waals surface area contributed by atoms with Crippen molar-refractivity contribution in [1.29, 1.82) is 0 Å². The minimum absolute atomic E-state index is 0.000442. The van der Waals surface area contributed by atoms with Gasteiger partial charge in [-0.25, -0.2) is 0 Å². The van der Waals surface area contributed by atoms with Crippen LogP contribution >= 0.6 is 0 Å². The molecule has 1 aromatic carbocycles. The van der Waals surface area contributed by atoms with E-state index in [1.54, 1.807) is 30.5 Å². The standard InChI is InChI=1S/C20H21N5O3/c26-16-12-18(28-17-6-2-1-5-15(16)17)20(27)22-8-7-21-19-11-14(13-23-24-19)25-9-3-4-10-25/h1-2,5-6,11-13H,3-4,7-10H2,(H,21,24)(H,22,27). The molecule has 0 unspecified atom stereocenters. The molecule has 0 radical (unpaired) electrons. The molecule has 2 aromatic heterocycles. The molecule has 144 valence electrons. The summed E-state index contributed by atoms with van der Waals surface area (Å²) in [7, 11) is 0.